The Morgan fingerprint density at radius 2 is 2.56 bits per heavy atom. The van der Waals surface area contributed by atoms with Crippen molar-refractivity contribution in [2.45, 2.75) is 19.2 Å². The molecule has 1 aliphatic heterocycles. The van der Waals surface area contributed by atoms with Crippen LogP contribution in [0.3, 0.4) is 0 Å². The Morgan fingerprint density at radius 3 is 3.33 bits per heavy atom. The molecule has 0 spiro atoms. The lowest BCUT2D eigenvalue weighted by atomic mass is 10.5. The van der Waals surface area contributed by atoms with Crippen LogP contribution in [0.25, 0.3) is 0 Å². The molecule has 0 N–H and O–H groups in total. The number of nitrogens with zero attached hydrogens (tertiary/aromatic N) is 2. The molecule has 0 saturated carbocycles. The summed E-state index contributed by atoms with van der Waals surface area (Å²) in [6.45, 7) is 4.05. The molecule has 0 radical (unpaired) electrons. The van der Waals surface area contributed by atoms with Crippen molar-refractivity contribution in [3.05, 3.63) is 0 Å². The second-order valence-corrected chi connectivity index (χ2v) is 3.25. The maximum atomic E-state index is 4.21. The maximum absolute atomic E-state index is 4.21. The van der Waals surface area contributed by atoms with Gasteiger partial charge in [0.1, 0.15) is 0 Å². The summed E-state index contributed by atoms with van der Waals surface area (Å²) in [7, 11) is 0. The fourth-order valence-electron chi connectivity index (χ4n) is 0.544. The van der Waals surface area contributed by atoms with Gasteiger partial charge in [0, 0.05) is 6.21 Å². The monoisotopic (exact) mass is 142 g/mol. The molecule has 3 heteroatoms. The van der Waals surface area contributed by atoms with E-state index in [1.165, 1.54) is 0 Å². The van der Waals surface area contributed by atoms with Gasteiger partial charge in [-0.3, -0.25) is 9.98 Å². The fraction of sp³-hybridized carbons (Fsp3) is 0.667. The molecular weight excluding hydrogens is 132 g/mol. The van der Waals surface area contributed by atoms with E-state index in [0.717, 1.165) is 11.6 Å². The van der Waals surface area contributed by atoms with E-state index in [4.69, 9.17) is 0 Å². The van der Waals surface area contributed by atoms with Crippen LogP contribution in [0.4, 0.5) is 0 Å². The quantitative estimate of drug-likeness (QED) is 0.504. The summed E-state index contributed by atoms with van der Waals surface area (Å²) in [5.74, 6) is 0.854. The highest BCUT2D eigenvalue weighted by molar-refractivity contribution is 7.99. The summed E-state index contributed by atoms with van der Waals surface area (Å²) in [4.78, 5) is 8.42. The SMILES string of the molecule is CC1=NCSC(C)N=C1. The molecule has 1 unspecified atom stereocenters. The van der Waals surface area contributed by atoms with Gasteiger partial charge in [-0.05, 0) is 13.8 Å². The molecule has 0 aliphatic carbocycles. The van der Waals surface area contributed by atoms with E-state index < -0.39 is 0 Å². The van der Waals surface area contributed by atoms with Crippen LogP contribution in [0.2, 0.25) is 0 Å². The third-order valence-electron chi connectivity index (χ3n) is 1.10. The smallest absolute Gasteiger partial charge is 0.0942 e. The molecule has 0 amide bonds. The van der Waals surface area contributed by atoms with Crippen molar-refractivity contribution >= 4 is 23.7 Å². The minimum Gasteiger partial charge on any atom is -0.278 e. The summed E-state index contributed by atoms with van der Waals surface area (Å²) in [5, 5.41) is 0.381. The Hall–Kier alpha value is -0.310. The van der Waals surface area contributed by atoms with Crippen LogP contribution in [0.1, 0.15) is 13.8 Å². The fourth-order valence-corrected chi connectivity index (χ4v) is 1.18. The van der Waals surface area contributed by atoms with Crippen LogP contribution in [-0.4, -0.2) is 23.2 Å². The molecule has 1 rings (SSSR count). The van der Waals surface area contributed by atoms with Gasteiger partial charge in [-0.1, -0.05) is 0 Å². The molecular formula is C6H10N2S. The Labute approximate surface area is 59.5 Å². The summed E-state index contributed by atoms with van der Waals surface area (Å²) in [6.07, 6.45) is 1.84. The van der Waals surface area contributed by atoms with Crippen LogP contribution in [0.5, 0.6) is 0 Å². The normalized spacial score (nSPS) is 27.3. The third kappa shape index (κ3) is 2.18. The largest absolute Gasteiger partial charge is 0.278 e. The van der Waals surface area contributed by atoms with Gasteiger partial charge < -0.3 is 0 Å². The molecule has 50 valence electrons. The van der Waals surface area contributed by atoms with Gasteiger partial charge in [-0.25, -0.2) is 0 Å². The van der Waals surface area contributed by atoms with Crippen molar-refractivity contribution in [2.75, 3.05) is 5.88 Å². The first-order chi connectivity index (χ1) is 4.29. The third-order valence-corrected chi connectivity index (χ3v) is 1.98. The summed E-state index contributed by atoms with van der Waals surface area (Å²) in [6, 6.07) is 0. The second kappa shape index (κ2) is 3.01. The number of hydrogen-bond acceptors (Lipinski definition) is 3. The number of thioether (sulfide) groups is 1. The van der Waals surface area contributed by atoms with Crippen molar-refractivity contribution in [2.24, 2.45) is 9.98 Å². The summed E-state index contributed by atoms with van der Waals surface area (Å²) >= 11 is 1.76. The van der Waals surface area contributed by atoms with E-state index in [0.29, 0.717) is 5.37 Å². The molecule has 0 fully saturated rings. The lowest BCUT2D eigenvalue weighted by Gasteiger charge is -1.97. The van der Waals surface area contributed by atoms with E-state index in [2.05, 4.69) is 16.9 Å². The number of aliphatic imine (C=N–C) groups is 2. The summed E-state index contributed by atoms with van der Waals surface area (Å²) in [5.41, 5.74) is 1.03. The van der Waals surface area contributed by atoms with Crippen molar-refractivity contribution in [1.82, 2.24) is 0 Å². The topological polar surface area (TPSA) is 24.7 Å². The molecule has 0 saturated heterocycles. The lowest BCUT2D eigenvalue weighted by molar-refractivity contribution is 1.06. The van der Waals surface area contributed by atoms with Gasteiger partial charge in [0.25, 0.3) is 0 Å². The molecule has 0 aromatic heterocycles. The first-order valence-corrected chi connectivity index (χ1v) is 4.00. The second-order valence-electron chi connectivity index (χ2n) is 1.97. The highest BCUT2D eigenvalue weighted by Gasteiger charge is 2.00. The van der Waals surface area contributed by atoms with Crippen molar-refractivity contribution in [3.63, 3.8) is 0 Å². The maximum Gasteiger partial charge on any atom is 0.0942 e. The van der Waals surface area contributed by atoms with Crippen LogP contribution >= 0.6 is 11.8 Å². The zero-order valence-electron chi connectivity index (χ0n) is 5.66. The first-order valence-electron chi connectivity index (χ1n) is 2.95. The Kier molecular flexibility index (Phi) is 2.28. The van der Waals surface area contributed by atoms with E-state index >= 15 is 0 Å². The van der Waals surface area contributed by atoms with E-state index in [-0.39, 0.29) is 0 Å². The molecule has 0 aromatic carbocycles. The van der Waals surface area contributed by atoms with Crippen LogP contribution in [0.15, 0.2) is 9.98 Å². The van der Waals surface area contributed by atoms with Crippen molar-refractivity contribution in [3.8, 4) is 0 Å². The van der Waals surface area contributed by atoms with E-state index in [9.17, 15) is 0 Å². The molecule has 9 heavy (non-hydrogen) atoms. The highest BCUT2D eigenvalue weighted by Crippen LogP contribution is 2.12. The predicted octanol–water partition coefficient (Wildman–Crippen LogP) is 1.57. The minimum absolute atomic E-state index is 0.381. The molecule has 1 aliphatic rings. The molecule has 1 atom stereocenters. The van der Waals surface area contributed by atoms with Gasteiger partial charge in [-0.2, -0.15) is 0 Å². The highest BCUT2D eigenvalue weighted by atomic mass is 32.2. The van der Waals surface area contributed by atoms with Crippen molar-refractivity contribution < 1.29 is 0 Å². The predicted molar refractivity (Wildman–Crippen MR) is 43.5 cm³/mol. The molecule has 1 heterocycles. The lowest BCUT2D eigenvalue weighted by Crippen LogP contribution is -1.92. The minimum atomic E-state index is 0.381. The average molecular weight is 142 g/mol. The van der Waals surface area contributed by atoms with E-state index in [1.807, 2.05) is 13.1 Å². The molecule has 2 nitrogen and oxygen atoms in total. The standard InChI is InChI=1S/C6H10N2S/c1-5-3-7-6(2)9-4-8-5/h3,6H,4H2,1-2H3. The van der Waals surface area contributed by atoms with Gasteiger partial charge in [0.15, 0.2) is 0 Å². The van der Waals surface area contributed by atoms with Crippen LogP contribution in [-0.2, 0) is 0 Å². The van der Waals surface area contributed by atoms with Crippen LogP contribution in [0, 0.1) is 0 Å². The number of hydrogen-bond donors (Lipinski definition) is 0. The summed E-state index contributed by atoms with van der Waals surface area (Å²) < 4.78 is 0. The van der Waals surface area contributed by atoms with Crippen LogP contribution < -0.4 is 0 Å². The van der Waals surface area contributed by atoms with Gasteiger partial charge in [0.05, 0.1) is 17.0 Å². The average Bonchev–Trinajstić information content (AvgIpc) is 1.97. The van der Waals surface area contributed by atoms with E-state index in [1.54, 1.807) is 11.8 Å². The first kappa shape index (κ1) is 6.81. The van der Waals surface area contributed by atoms with Gasteiger partial charge in [-0.15, -0.1) is 11.8 Å². The Bertz CT molecular complexity index is 151. The molecule has 0 bridgehead atoms. The number of rotatable bonds is 0. The van der Waals surface area contributed by atoms with Gasteiger partial charge >= 0.3 is 0 Å². The van der Waals surface area contributed by atoms with Crippen molar-refractivity contribution in [1.29, 1.82) is 0 Å². The van der Waals surface area contributed by atoms with Gasteiger partial charge in [0.2, 0.25) is 0 Å². The molecule has 0 aromatic rings. The Balaban J connectivity index is 2.58. The zero-order chi connectivity index (χ0) is 6.69. The Morgan fingerprint density at radius 1 is 1.78 bits per heavy atom. The zero-order valence-corrected chi connectivity index (χ0v) is 6.48.